The third kappa shape index (κ3) is 4.67. The number of aryl methyl sites for hydroxylation is 1. The van der Waals surface area contributed by atoms with Gasteiger partial charge in [0.15, 0.2) is 5.69 Å². The van der Waals surface area contributed by atoms with Gasteiger partial charge in [0, 0.05) is 28.9 Å². The number of pyridine rings is 1. The molecule has 1 aromatic carbocycles. The van der Waals surface area contributed by atoms with E-state index in [1.165, 1.54) is 0 Å². The van der Waals surface area contributed by atoms with Gasteiger partial charge < -0.3 is 5.32 Å². The van der Waals surface area contributed by atoms with Crippen LogP contribution < -0.4 is 5.32 Å². The van der Waals surface area contributed by atoms with E-state index in [1.807, 2.05) is 56.3 Å². The molecule has 1 atom stereocenters. The van der Waals surface area contributed by atoms with E-state index in [-0.39, 0.29) is 17.6 Å². The number of hydrogen-bond acceptors (Lipinski definition) is 4. The number of benzene rings is 1. The summed E-state index contributed by atoms with van der Waals surface area (Å²) in [7, 11) is 0. The van der Waals surface area contributed by atoms with Gasteiger partial charge in [-0.05, 0) is 37.6 Å². The zero-order chi connectivity index (χ0) is 18.5. The molecular weight excluding hydrogens is 350 g/mol. The Morgan fingerprint density at radius 1 is 1.23 bits per heavy atom. The minimum absolute atomic E-state index is 0.0643. The van der Waals surface area contributed by atoms with E-state index in [2.05, 4.69) is 20.6 Å². The van der Waals surface area contributed by atoms with E-state index in [0.717, 1.165) is 17.0 Å². The Morgan fingerprint density at radius 3 is 2.81 bits per heavy atom. The van der Waals surface area contributed by atoms with Crippen LogP contribution in [-0.2, 0) is 13.0 Å². The van der Waals surface area contributed by atoms with E-state index in [4.69, 9.17) is 11.6 Å². The van der Waals surface area contributed by atoms with Crippen LogP contribution in [0.4, 0.5) is 0 Å². The second-order valence-corrected chi connectivity index (χ2v) is 6.65. The SMILES string of the molecule is Cc1cccc(C[C@H](C)NC(=O)c2cn(Cc3ccccc3Cl)nn2)n1. The monoisotopic (exact) mass is 369 g/mol. The number of nitrogens with one attached hydrogen (secondary N) is 1. The van der Waals surface area contributed by atoms with Crippen molar-refractivity contribution in [2.75, 3.05) is 0 Å². The molecule has 0 aliphatic rings. The van der Waals surface area contributed by atoms with Crippen molar-refractivity contribution < 1.29 is 4.79 Å². The molecule has 0 aliphatic carbocycles. The first kappa shape index (κ1) is 18.1. The Morgan fingerprint density at radius 2 is 2.04 bits per heavy atom. The largest absolute Gasteiger partial charge is 0.348 e. The molecule has 1 amide bonds. The smallest absolute Gasteiger partial charge is 0.273 e. The highest BCUT2D eigenvalue weighted by Crippen LogP contribution is 2.15. The molecule has 1 N–H and O–H groups in total. The predicted octanol–water partition coefficient (Wildman–Crippen LogP) is 3.04. The molecule has 0 fully saturated rings. The van der Waals surface area contributed by atoms with Gasteiger partial charge in [-0.3, -0.25) is 9.78 Å². The lowest BCUT2D eigenvalue weighted by atomic mass is 10.1. The summed E-state index contributed by atoms with van der Waals surface area (Å²) in [5.74, 6) is -0.254. The van der Waals surface area contributed by atoms with Gasteiger partial charge in [-0.2, -0.15) is 0 Å². The Hall–Kier alpha value is -2.73. The molecule has 0 aliphatic heterocycles. The topological polar surface area (TPSA) is 72.7 Å². The number of carbonyl (C=O) groups is 1. The third-order valence-corrected chi connectivity index (χ3v) is 4.27. The van der Waals surface area contributed by atoms with Crippen molar-refractivity contribution in [2.45, 2.75) is 32.9 Å². The van der Waals surface area contributed by atoms with Gasteiger partial charge in [0.1, 0.15) is 0 Å². The van der Waals surface area contributed by atoms with Crippen LogP contribution in [0.1, 0.15) is 34.4 Å². The van der Waals surface area contributed by atoms with Gasteiger partial charge in [0.25, 0.3) is 5.91 Å². The van der Waals surface area contributed by atoms with Crippen LogP contribution in [-0.4, -0.2) is 31.9 Å². The maximum Gasteiger partial charge on any atom is 0.273 e. The summed E-state index contributed by atoms with van der Waals surface area (Å²) < 4.78 is 1.60. The first-order chi connectivity index (χ1) is 12.5. The molecule has 6 nitrogen and oxygen atoms in total. The lowest BCUT2D eigenvalue weighted by Gasteiger charge is -2.12. The normalized spacial score (nSPS) is 12.0. The molecule has 3 aromatic rings. The van der Waals surface area contributed by atoms with Crippen molar-refractivity contribution in [3.8, 4) is 0 Å². The molecule has 2 aromatic heterocycles. The van der Waals surface area contributed by atoms with Crippen LogP contribution in [0.3, 0.4) is 0 Å². The van der Waals surface area contributed by atoms with Gasteiger partial charge in [0.2, 0.25) is 0 Å². The van der Waals surface area contributed by atoms with E-state index in [1.54, 1.807) is 10.9 Å². The summed E-state index contributed by atoms with van der Waals surface area (Å²) in [6, 6.07) is 13.3. The second-order valence-electron chi connectivity index (χ2n) is 6.24. The fraction of sp³-hybridized carbons (Fsp3) is 0.263. The number of aromatic nitrogens is 4. The summed E-state index contributed by atoms with van der Waals surface area (Å²) in [5, 5.41) is 11.6. The van der Waals surface area contributed by atoms with Crippen molar-refractivity contribution in [2.24, 2.45) is 0 Å². The minimum Gasteiger partial charge on any atom is -0.348 e. The molecule has 7 heteroatoms. The average Bonchev–Trinajstić information content (AvgIpc) is 3.05. The van der Waals surface area contributed by atoms with Crippen LogP contribution in [0.15, 0.2) is 48.7 Å². The zero-order valence-corrected chi connectivity index (χ0v) is 15.4. The molecule has 0 radical (unpaired) electrons. The van der Waals surface area contributed by atoms with Crippen molar-refractivity contribution in [1.29, 1.82) is 0 Å². The standard InChI is InChI=1S/C19H20ClN5O/c1-13-6-5-8-16(21-13)10-14(2)22-19(26)18-12-25(24-23-18)11-15-7-3-4-9-17(15)20/h3-9,12,14H,10-11H2,1-2H3,(H,22,26)/t14-/m0/s1. The maximum absolute atomic E-state index is 12.4. The first-order valence-electron chi connectivity index (χ1n) is 8.38. The fourth-order valence-electron chi connectivity index (χ4n) is 2.66. The van der Waals surface area contributed by atoms with Crippen LogP contribution in [0, 0.1) is 6.92 Å². The number of hydrogen-bond donors (Lipinski definition) is 1. The number of amides is 1. The predicted molar refractivity (Wildman–Crippen MR) is 100 cm³/mol. The second kappa shape index (κ2) is 8.10. The highest BCUT2D eigenvalue weighted by Gasteiger charge is 2.15. The number of nitrogens with zero attached hydrogens (tertiary/aromatic N) is 4. The van der Waals surface area contributed by atoms with Crippen molar-refractivity contribution >= 4 is 17.5 Å². The molecule has 0 unspecified atom stereocenters. The molecule has 0 saturated heterocycles. The maximum atomic E-state index is 12.4. The van der Waals surface area contributed by atoms with Gasteiger partial charge in [0.05, 0.1) is 12.7 Å². The number of rotatable bonds is 6. The summed E-state index contributed by atoms with van der Waals surface area (Å²) in [6.45, 7) is 4.35. The zero-order valence-electron chi connectivity index (χ0n) is 14.7. The summed E-state index contributed by atoms with van der Waals surface area (Å²) in [6.07, 6.45) is 2.28. The van der Waals surface area contributed by atoms with Crippen LogP contribution in [0.25, 0.3) is 0 Å². The van der Waals surface area contributed by atoms with E-state index in [0.29, 0.717) is 18.0 Å². The Kier molecular flexibility index (Phi) is 5.63. The summed E-state index contributed by atoms with van der Waals surface area (Å²) in [4.78, 5) is 16.8. The van der Waals surface area contributed by atoms with Crippen LogP contribution in [0.2, 0.25) is 5.02 Å². The Bertz CT molecular complexity index is 908. The third-order valence-electron chi connectivity index (χ3n) is 3.90. The Balaban J connectivity index is 1.60. The van der Waals surface area contributed by atoms with Crippen molar-refractivity contribution in [3.63, 3.8) is 0 Å². The Labute approximate surface area is 157 Å². The summed E-state index contributed by atoms with van der Waals surface area (Å²) in [5.41, 5.74) is 3.11. The fourth-order valence-corrected chi connectivity index (χ4v) is 2.85. The van der Waals surface area contributed by atoms with Gasteiger partial charge in [-0.25, -0.2) is 4.68 Å². The minimum atomic E-state index is -0.254. The van der Waals surface area contributed by atoms with Crippen LogP contribution in [0.5, 0.6) is 0 Å². The van der Waals surface area contributed by atoms with E-state index in [9.17, 15) is 4.79 Å². The van der Waals surface area contributed by atoms with E-state index < -0.39 is 0 Å². The van der Waals surface area contributed by atoms with Crippen LogP contribution >= 0.6 is 11.6 Å². The highest BCUT2D eigenvalue weighted by atomic mass is 35.5. The molecule has 2 heterocycles. The summed E-state index contributed by atoms with van der Waals surface area (Å²) >= 11 is 6.15. The highest BCUT2D eigenvalue weighted by molar-refractivity contribution is 6.31. The quantitative estimate of drug-likeness (QED) is 0.724. The molecule has 134 valence electrons. The van der Waals surface area contributed by atoms with E-state index >= 15 is 0 Å². The molecular formula is C19H20ClN5O. The first-order valence-corrected chi connectivity index (χ1v) is 8.76. The number of carbonyl (C=O) groups excluding carboxylic acids is 1. The molecule has 0 bridgehead atoms. The van der Waals surface area contributed by atoms with Gasteiger partial charge in [-0.1, -0.05) is 41.1 Å². The average molecular weight is 370 g/mol. The van der Waals surface area contributed by atoms with Gasteiger partial charge in [-0.15, -0.1) is 5.10 Å². The lowest BCUT2D eigenvalue weighted by molar-refractivity contribution is 0.0935. The molecule has 3 rings (SSSR count). The lowest BCUT2D eigenvalue weighted by Crippen LogP contribution is -2.34. The van der Waals surface area contributed by atoms with Gasteiger partial charge >= 0.3 is 0 Å². The number of halogens is 1. The van der Waals surface area contributed by atoms with Crippen molar-refractivity contribution in [1.82, 2.24) is 25.3 Å². The molecule has 0 spiro atoms. The molecule has 0 saturated carbocycles. The van der Waals surface area contributed by atoms with Crippen molar-refractivity contribution in [3.05, 3.63) is 76.3 Å². The molecule has 26 heavy (non-hydrogen) atoms.